The van der Waals surface area contributed by atoms with E-state index >= 15 is 0 Å². The van der Waals surface area contributed by atoms with Gasteiger partial charge in [-0.1, -0.05) is 0 Å². The Balaban J connectivity index is 1.44. The molecule has 0 spiro atoms. The maximum Gasteiger partial charge on any atom is 0.272 e. The second-order valence-corrected chi connectivity index (χ2v) is 8.49. The van der Waals surface area contributed by atoms with Crippen molar-refractivity contribution in [3.05, 3.63) is 35.4 Å². The van der Waals surface area contributed by atoms with E-state index in [0.29, 0.717) is 23.4 Å². The van der Waals surface area contributed by atoms with E-state index in [1.54, 1.807) is 16.8 Å². The molecule has 1 amide bonds. The first-order valence-electron chi connectivity index (χ1n) is 10.3. The monoisotopic (exact) mass is 393 g/mol. The molecule has 8 nitrogen and oxygen atoms in total. The van der Waals surface area contributed by atoms with Crippen LogP contribution >= 0.6 is 0 Å². The normalized spacial score (nSPS) is 24.3. The molecule has 5 rings (SSSR count). The van der Waals surface area contributed by atoms with E-state index in [1.807, 2.05) is 31.6 Å². The molecule has 2 saturated heterocycles. The third-order valence-corrected chi connectivity index (χ3v) is 6.79. The van der Waals surface area contributed by atoms with E-state index < -0.39 is 0 Å². The molecular formula is C21H27N7O. The number of hydrogen-bond donors (Lipinski definition) is 1. The summed E-state index contributed by atoms with van der Waals surface area (Å²) in [5, 5.41) is 12.3. The number of amides is 1. The highest BCUT2D eigenvalue weighted by Gasteiger charge is 2.39. The molecule has 3 aromatic rings. The van der Waals surface area contributed by atoms with Gasteiger partial charge in [-0.25, -0.2) is 9.50 Å². The Morgan fingerprint density at radius 2 is 1.86 bits per heavy atom. The fourth-order valence-corrected chi connectivity index (χ4v) is 5.13. The SMILES string of the molecule is Cc1nn(C)c(C)c1-c1ccnc2cc(C(=O)NC3C[C@H]4CC[C@@H](C3)N4C)nn12. The molecule has 3 aromatic heterocycles. The van der Waals surface area contributed by atoms with Gasteiger partial charge in [0, 0.05) is 48.7 Å². The van der Waals surface area contributed by atoms with Gasteiger partial charge in [0.15, 0.2) is 11.3 Å². The van der Waals surface area contributed by atoms with Gasteiger partial charge in [-0.05, 0) is 52.6 Å². The quantitative estimate of drug-likeness (QED) is 0.737. The van der Waals surface area contributed by atoms with Crippen LogP contribution in [-0.2, 0) is 7.05 Å². The van der Waals surface area contributed by atoms with Gasteiger partial charge >= 0.3 is 0 Å². The van der Waals surface area contributed by atoms with Gasteiger partial charge in [-0.3, -0.25) is 9.48 Å². The number of aryl methyl sites for hydroxylation is 2. The minimum absolute atomic E-state index is 0.116. The van der Waals surface area contributed by atoms with E-state index in [-0.39, 0.29) is 11.9 Å². The summed E-state index contributed by atoms with van der Waals surface area (Å²) in [7, 11) is 4.14. The lowest BCUT2D eigenvalue weighted by molar-refractivity contribution is 0.0877. The summed E-state index contributed by atoms with van der Waals surface area (Å²) >= 11 is 0. The second-order valence-electron chi connectivity index (χ2n) is 8.49. The number of nitrogens with zero attached hydrogens (tertiary/aromatic N) is 6. The number of nitrogens with one attached hydrogen (secondary N) is 1. The smallest absolute Gasteiger partial charge is 0.272 e. The van der Waals surface area contributed by atoms with Crippen molar-refractivity contribution in [2.24, 2.45) is 7.05 Å². The molecule has 1 N–H and O–H groups in total. The molecule has 2 bridgehead atoms. The Morgan fingerprint density at radius 3 is 2.52 bits per heavy atom. The highest BCUT2D eigenvalue weighted by Crippen LogP contribution is 2.34. The first-order chi connectivity index (χ1) is 13.9. The van der Waals surface area contributed by atoms with Gasteiger partial charge in [-0.2, -0.15) is 10.2 Å². The average Bonchev–Trinajstić information content (AvgIpc) is 3.28. The summed E-state index contributed by atoms with van der Waals surface area (Å²) in [6.07, 6.45) is 6.26. The maximum atomic E-state index is 12.9. The van der Waals surface area contributed by atoms with E-state index in [9.17, 15) is 4.79 Å². The van der Waals surface area contributed by atoms with Crippen LogP contribution in [0.15, 0.2) is 18.3 Å². The summed E-state index contributed by atoms with van der Waals surface area (Å²) in [6, 6.07) is 5.09. The Bertz CT molecular complexity index is 1080. The lowest BCUT2D eigenvalue weighted by atomic mass is 9.98. The molecule has 3 atom stereocenters. The van der Waals surface area contributed by atoms with Crippen molar-refractivity contribution in [3.63, 3.8) is 0 Å². The van der Waals surface area contributed by atoms with Crippen LogP contribution in [0.3, 0.4) is 0 Å². The predicted octanol–water partition coefficient (Wildman–Crippen LogP) is 2.10. The van der Waals surface area contributed by atoms with Crippen LogP contribution in [0.4, 0.5) is 0 Å². The largest absolute Gasteiger partial charge is 0.348 e. The molecular weight excluding hydrogens is 366 g/mol. The van der Waals surface area contributed by atoms with E-state index in [2.05, 4.69) is 32.4 Å². The Morgan fingerprint density at radius 1 is 1.14 bits per heavy atom. The van der Waals surface area contributed by atoms with Crippen molar-refractivity contribution >= 4 is 11.6 Å². The lowest BCUT2D eigenvalue weighted by Crippen LogP contribution is -2.48. The standard InChI is InChI=1S/C21H27N7O/c1-12-20(13(2)27(4)24-12)18-7-8-22-19-11-17(25-28(18)19)21(29)23-14-9-15-5-6-16(10-14)26(15)3/h7-8,11,14-16H,5-6,9-10H2,1-4H3,(H,23,29)/t14?,15-,16+. The highest BCUT2D eigenvalue weighted by molar-refractivity contribution is 5.93. The zero-order valence-corrected chi connectivity index (χ0v) is 17.4. The summed E-state index contributed by atoms with van der Waals surface area (Å²) in [4.78, 5) is 19.8. The Hall–Kier alpha value is -2.74. The van der Waals surface area contributed by atoms with E-state index in [1.165, 1.54) is 12.8 Å². The van der Waals surface area contributed by atoms with Crippen molar-refractivity contribution in [3.8, 4) is 11.3 Å². The molecule has 2 fully saturated rings. The molecule has 0 saturated carbocycles. The van der Waals surface area contributed by atoms with Crippen molar-refractivity contribution in [1.29, 1.82) is 0 Å². The van der Waals surface area contributed by atoms with Gasteiger partial charge < -0.3 is 10.2 Å². The van der Waals surface area contributed by atoms with Crippen LogP contribution in [0.25, 0.3) is 16.9 Å². The molecule has 2 aliphatic heterocycles. The number of rotatable bonds is 3. The minimum Gasteiger partial charge on any atom is -0.348 e. The zero-order chi connectivity index (χ0) is 20.3. The topological polar surface area (TPSA) is 80.3 Å². The zero-order valence-electron chi connectivity index (χ0n) is 17.4. The van der Waals surface area contributed by atoms with Crippen molar-refractivity contribution in [1.82, 2.24) is 34.6 Å². The average molecular weight is 393 g/mol. The number of piperidine rings is 1. The molecule has 29 heavy (non-hydrogen) atoms. The maximum absolute atomic E-state index is 12.9. The highest BCUT2D eigenvalue weighted by atomic mass is 16.2. The molecule has 5 heterocycles. The summed E-state index contributed by atoms with van der Waals surface area (Å²) < 4.78 is 3.62. The van der Waals surface area contributed by atoms with Crippen LogP contribution < -0.4 is 5.32 Å². The lowest BCUT2D eigenvalue weighted by Gasteiger charge is -2.36. The van der Waals surface area contributed by atoms with Crippen LogP contribution in [0, 0.1) is 13.8 Å². The Kier molecular flexibility index (Phi) is 4.20. The summed E-state index contributed by atoms with van der Waals surface area (Å²) in [5.74, 6) is -0.116. The van der Waals surface area contributed by atoms with Crippen molar-refractivity contribution in [2.75, 3.05) is 7.05 Å². The third-order valence-electron chi connectivity index (χ3n) is 6.79. The van der Waals surface area contributed by atoms with Crippen LogP contribution in [0.5, 0.6) is 0 Å². The van der Waals surface area contributed by atoms with Crippen molar-refractivity contribution in [2.45, 2.75) is 57.7 Å². The fourth-order valence-electron chi connectivity index (χ4n) is 5.13. The van der Waals surface area contributed by atoms with Gasteiger partial charge in [0.2, 0.25) is 0 Å². The first-order valence-corrected chi connectivity index (χ1v) is 10.3. The minimum atomic E-state index is -0.116. The molecule has 0 aliphatic carbocycles. The van der Waals surface area contributed by atoms with Gasteiger partial charge in [-0.15, -0.1) is 0 Å². The Labute approximate surface area is 169 Å². The number of aromatic nitrogens is 5. The predicted molar refractivity (Wildman–Crippen MR) is 110 cm³/mol. The van der Waals surface area contributed by atoms with Gasteiger partial charge in [0.05, 0.1) is 11.4 Å². The van der Waals surface area contributed by atoms with E-state index in [4.69, 9.17) is 0 Å². The van der Waals surface area contributed by atoms with Crippen LogP contribution in [0.2, 0.25) is 0 Å². The summed E-state index contributed by atoms with van der Waals surface area (Å²) in [6.45, 7) is 4.02. The number of carbonyl (C=O) groups excluding carboxylic acids is 1. The number of carbonyl (C=O) groups is 1. The van der Waals surface area contributed by atoms with Crippen LogP contribution in [-0.4, -0.2) is 60.4 Å². The molecule has 2 aliphatic rings. The third kappa shape index (κ3) is 2.93. The molecule has 1 unspecified atom stereocenters. The molecule has 8 heteroatoms. The fraction of sp³-hybridized carbons (Fsp3) is 0.524. The number of hydrogen-bond acceptors (Lipinski definition) is 5. The van der Waals surface area contributed by atoms with E-state index in [0.717, 1.165) is 35.5 Å². The van der Waals surface area contributed by atoms with Crippen LogP contribution in [0.1, 0.15) is 47.6 Å². The molecule has 0 aromatic carbocycles. The van der Waals surface area contributed by atoms with Crippen molar-refractivity contribution < 1.29 is 4.79 Å². The van der Waals surface area contributed by atoms with Gasteiger partial charge in [0.1, 0.15) is 0 Å². The number of fused-ring (bicyclic) bond motifs is 3. The second kappa shape index (κ2) is 6.66. The molecule has 152 valence electrons. The molecule has 0 radical (unpaired) electrons. The summed E-state index contributed by atoms with van der Waals surface area (Å²) in [5.41, 5.74) is 4.99. The van der Waals surface area contributed by atoms with Gasteiger partial charge in [0.25, 0.3) is 5.91 Å². The first kappa shape index (κ1) is 18.3.